The molecule has 23 heavy (non-hydrogen) atoms. The highest BCUT2D eigenvalue weighted by molar-refractivity contribution is 5.85. The second-order valence-corrected chi connectivity index (χ2v) is 4.68. The zero-order valence-electron chi connectivity index (χ0n) is 12.0. The van der Waals surface area contributed by atoms with Crippen molar-refractivity contribution in [2.24, 2.45) is 0 Å². The van der Waals surface area contributed by atoms with Crippen LogP contribution in [0, 0.1) is 0 Å². The molecule has 2 heterocycles. The number of hydrogen-bond acceptors (Lipinski definition) is 4. The number of benzene rings is 1. The number of nitrogens with one attached hydrogen (secondary N) is 1. The largest absolute Gasteiger partial charge is 0.416 e. The Bertz CT molecular complexity index is 816. The highest BCUT2D eigenvalue weighted by atomic mass is 35.5. The van der Waals surface area contributed by atoms with E-state index in [9.17, 15) is 13.2 Å². The fraction of sp³-hybridized carbons (Fsp3) is 0.214. The summed E-state index contributed by atoms with van der Waals surface area (Å²) in [6.45, 7) is -0.0145. The third-order valence-corrected chi connectivity index (χ3v) is 3.31. The molecule has 0 bridgehead atoms. The highest BCUT2D eigenvalue weighted by Crippen LogP contribution is 2.32. The molecule has 0 aliphatic rings. The van der Waals surface area contributed by atoms with Crippen LogP contribution >= 0.6 is 12.4 Å². The van der Waals surface area contributed by atoms with Crippen molar-refractivity contribution < 1.29 is 13.2 Å². The fourth-order valence-electron chi connectivity index (χ4n) is 2.29. The van der Waals surface area contributed by atoms with Crippen LogP contribution in [-0.4, -0.2) is 27.0 Å². The van der Waals surface area contributed by atoms with Gasteiger partial charge in [-0.1, -0.05) is 23.4 Å². The summed E-state index contributed by atoms with van der Waals surface area (Å²) in [7, 11) is 1.69. The number of rotatable bonds is 3. The fourth-order valence-corrected chi connectivity index (χ4v) is 2.29. The van der Waals surface area contributed by atoms with Gasteiger partial charge in [-0.25, -0.2) is 9.67 Å². The lowest BCUT2D eigenvalue weighted by atomic mass is 10.1. The minimum Gasteiger partial charge on any atom is -0.371 e. The van der Waals surface area contributed by atoms with E-state index in [1.54, 1.807) is 25.4 Å². The van der Waals surface area contributed by atoms with Gasteiger partial charge in [0, 0.05) is 13.2 Å². The number of aromatic nitrogens is 4. The van der Waals surface area contributed by atoms with E-state index in [2.05, 4.69) is 20.6 Å². The van der Waals surface area contributed by atoms with Gasteiger partial charge in [0.1, 0.15) is 0 Å². The van der Waals surface area contributed by atoms with Gasteiger partial charge in [0.05, 0.1) is 17.6 Å². The van der Waals surface area contributed by atoms with E-state index in [1.165, 1.54) is 16.8 Å². The van der Waals surface area contributed by atoms with Crippen molar-refractivity contribution >= 4 is 29.3 Å². The first kappa shape index (κ1) is 17.0. The zero-order valence-corrected chi connectivity index (χ0v) is 12.8. The van der Waals surface area contributed by atoms with Gasteiger partial charge in [0.25, 0.3) is 0 Å². The molecular weight excluding hydrogens is 331 g/mol. The maximum atomic E-state index is 13.0. The molecule has 3 aromatic rings. The molecule has 2 aromatic heterocycles. The Balaban J connectivity index is 0.00000192. The molecule has 0 fully saturated rings. The first-order valence-corrected chi connectivity index (χ1v) is 6.52. The van der Waals surface area contributed by atoms with Gasteiger partial charge in [-0.3, -0.25) is 0 Å². The van der Waals surface area contributed by atoms with Crippen LogP contribution < -0.4 is 5.32 Å². The molecule has 5 nitrogen and oxygen atoms in total. The molecule has 3 rings (SSSR count). The molecule has 0 radical (unpaired) electrons. The predicted molar refractivity (Wildman–Crippen MR) is 82.7 cm³/mol. The summed E-state index contributed by atoms with van der Waals surface area (Å²) < 4.78 is 40.6. The van der Waals surface area contributed by atoms with Gasteiger partial charge in [0.15, 0.2) is 11.3 Å². The molecule has 0 aliphatic carbocycles. The smallest absolute Gasteiger partial charge is 0.371 e. The van der Waals surface area contributed by atoms with E-state index >= 15 is 0 Å². The van der Waals surface area contributed by atoms with Gasteiger partial charge in [-0.15, -0.1) is 17.5 Å². The van der Waals surface area contributed by atoms with E-state index in [0.29, 0.717) is 16.9 Å². The van der Waals surface area contributed by atoms with Crippen LogP contribution in [0.15, 0.2) is 36.5 Å². The Hall–Kier alpha value is -2.35. The number of alkyl halides is 3. The maximum absolute atomic E-state index is 13.0. The Morgan fingerprint density at radius 3 is 2.61 bits per heavy atom. The second-order valence-electron chi connectivity index (χ2n) is 4.68. The van der Waals surface area contributed by atoms with Crippen molar-refractivity contribution in [1.29, 1.82) is 0 Å². The SMILES string of the molecule is CNc1nccc2c1nnn2Cc1ccccc1C(F)(F)F.Cl. The van der Waals surface area contributed by atoms with Crippen molar-refractivity contribution in [1.82, 2.24) is 20.0 Å². The van der Waals surface area contributed by atoms with Crippen LogP contribution in [0.5, 0.6) is 0 Å². The average Bonchev–Trinajstić information content (AvgIpc) is 2.90. The molecule has 9 heteroatoms. The van der Waals surface area contributed by atoms with Crippen LogP contribution in [0.25, 0.3) is 11.0 Å². The lowest BCUT2D eigenvalue weighted by molar-refractivity contribution is -0.138. The van der Waals surface area contributed by atoms with Gasteiger partial charge in [0.2, 0.25) is 0 Å². The van der Waals surface area contributed by atoms with Crippen molar-refractivity contribution in [2.45, 2.75) is 12.7 Å². The molecule has 0 unspecified atom stereocenters. The Morgan fingerprint density at radius 1 is 1.17 bits per heavy atom. The summed E-state index contributed by atoms with van der Waals surface area (Å²) in [4.78, 5) is 4.10. The lowest BCUT2D eigenvalue weighted by Crippen LogP contribution is -2.12. The van der Waals surface area contributed by atoms with Gasteiger partial charge in [-0.05, 0) is 17.7 Å². The van der Waals surface area contributed by atoms with Crippen molar-refractivity contribution in [3.05, 3.63) is 47.7 Å². The van der Waals surface area contributed by atoms with Crippen LogP contribution in [0.1, 0.15) is 11.1 Å². The molecule has 1 N–H and O–H groups in total. The molecule has 0 atom stereocenters. The quantitative estimate of drug-likeness (QED) is 0.792. The third kappa shape index (κ3) is 3.21. The maximum Gasteiger partial charge on any atom is 0.416 e. The van der Waals surface area contributed by atoms with Gasteiger partial charge < -0.3 is 5.32 Å². The van der Waals surface area contributed by atoms with Crippen LogP contribution in [0.4, 0.5) is 19.0 Å². The molecule has 122 valence electrons. The normalized spacial score (nSPS) is 11.3. The number of anilines is 1. The average molecular weight is 344 g/mol. The van der Waals surface area contributed by atoms with E-state index in [-0.39, 0.29) is 24.5 Å². The summed E-state index contributed by atoms with van der Waals surface area (Å²) in [6, 6.07) is 7.12. The number of pyridine rings is 1. The Labute approximate surface area is 135 Å². The molecule has 0 saturated heterocycles. The van der Waals surface area contributed by atoms with Crippen molar-refractivity contribution in [3.8, 4) is 0 Å². The van der Waals surface area contributed by atoms with Crippen LogP contribution in [-0.2, 0) is 12.7 Å². The standard InChI is InChI=1S/C14H12F3N5.ClH/c1-18-13-12-11(6-7-19-13)22(21-20-12)8-9-4-2-3-5-10(9)14(15,16)17;/h2-7H,8H2,1H3,(H,18,19);1H. The Morgan fingerprint density at radius 2 is 1.91 bits per heavy atom. The van der Waals surface area contributed by atoms with Crippen LogP contribution in [0.2, 0.25) is 0 Å². The number of halogens is 4. The summed E-state index contributed by atoms with van der Waals surface area (Å²) in [5, 5.41) is 10.8. The van der Waals surface area contributed by atoms with E-state index < -0.39 is 11.7 Å². The number of fused-ring (bicyclic) bond motifs is 1. The monoisotopic (exact) mass is 343 g/mol. The van der Waals surface area contributed by atoms with Crippen molar-refractivity contribution in [2.75, 3.05) is 12.4 Å². The molecule has 0 saturated carbocycles. The second kappa shape index (κ2) is 6.41. The van der Waals surface area contributed by atoms with Gasteiger partial charge in [-0.2, -0.15) is 13.2 Å². The van der Waals surface area contributed by atoms with Gasteiger partial charge >= 0.3 is 6.18 Å². The summed E-state index contributed by atoms with van der Waals surface area (Å²) in [6.07, 6.45) is -2.84. The summed E-state index contributed by atoms with van der Waals surface area (Å²) in [5.41, 5.74) is 0.622. The number of hydrogen-bond donors (Lipinski definition) is 1. The Kier molecular flexibility index (Phi) is 4.74. The predicted octanol–water partition coefficient (Wildman–Crippen LogP) is 3.36. The zero-order chi connectivity index (χ0) is 15.7. The molecule has 0 aliphatic heterocycles. The van der Waals surface area contributed by atoms with E-state index in [0.717, 1.165) is 6.07 Å². The van der Waals surface area contributed by atoms with Crippen LogP contribution in [0.3, 0.4) is 0 Å². The third-order valence-electron chi connectivity index (χ3n) is 3.31. The molecule has 0 amide bonds. The van der Waals surface area contributed by atoms with E-state index in [1.807, 2.05) is 0 Å². The summed E-state index contributed by atoms with van der Waals surface area (Å²) in [5.74, 6) is 0.535. The molecule has 1 aromatic carbocycles. The topological polar surface area (TPSA) is 55.6 Å². The lowest BCUT2D eigenvalue weighted by Gasteiger charge is -2.12. The minimum atomic E-state index is -4.40. The first-order chi connectivity index (χ1) is 10.5. The molecular formula is C14H13ClF3N5. The summed E-state index contributed by atoms with van der Waals surface area (Å²) >= 11 is 0. The highest BCUT2D eigenvalue weighted by Gasteiger charge is 2.33. The first-order valence-electron chi connectivity index (χ1n) is 6.52. The number of nitrogens with zero attached hydrogens (tertiary/aromatic N) is 4. The molecule has 0 spiro atoms. The van der Waals surface area contributed by atoms with Crippen molar-refractivity contribution in [3.63, 3.8) is 0 Å². The van der Waals surface area contributed by atoms with E-state index in [4.69, 9.17) is 0 Å². The minimum absolute atomic E-state index is 0.